The Morgan fingerprint density at radius 2 is 2.25 bits per heavy atom. The van der Waals surface area contributed by atoms with Crippen molar-refractivity contribution in [3.8, 4) is 11.5 Å². The van der Waals surface area contributed by atoms with E-state index in [0.717, 1.165) is 9.13 Å². The zero-order valence-corrected chi connectivity index (χ0v) is 8.83. The lowest BCUT2D eigenvalue weighted by atomic mass is 10.2. The molecular formula is C8H10INO2. The molecule has 1 rings (SSSR count). The van der Waals surface area contributed by atoms with E-state index in [1.54, 1.807) is 6.07 Å². The van der Waals surface area contributed by atoms with Crippen LogP contribution in [0.5, 0.6) is 11.5 Å². The summed E-state index contributed by atoms with van der Waals surface area (Å²) in [6.07, 6.45) is 0. The highest BCUT2D eigenvalue weighted by molar-refractivity contribution is 14.1. The van der Waals surface area contributed by atoms with E-state index in [1.807, 2.05) is 28.7 Å². The summed E-state index contributed by atoms with van der Waals surface area (Å²) in [7, 11) is 1.52. The van der Waals surface area contributed by atoms with Crippen molar-refractivity contribution >= 4 is 22.6 Å². The highest BCUT2D eigenvalue weighted by atomic mass is 127. The van der Waals surface area contributed by atoms with Gasteiger partial charge >= 0.3 is 0 Å². The first-order chi connectivity index (χ1) is 5.69. The summed E-state index contributed by atoms with van der Waals surface area (Å²) in [4.78, 5) is 0. The molecule has 66 valence electrons. The van der Waals surface area contributed by atoms with E-state index in [4.69, 9.17) is 10.5 Å². The van der Waals surface area contributed by atoms with Crippen LogP contribution in [0.15, 0.2) is 12.1 Å². The number of aromatic hydroxyl groups is 1. The Morgan fingerprint density at radius 3 is 2.75 bits per heavy atom. The number of hydrogen-bond acceptors (Lipinski definition) is 3. The first-order valence-corrected chi connectivity index (χ1v) is 4.52. The summed E-state index contributed by atoms with van der Waals surface area (Å²) >= 11 is 2.04. The number of nitrogens with two attached hydrogens (primary N) is 1. The molecule has 0 unspecified atom stereocenters. The van der Waals surface area contributed by atoms with Crippen molar-refractivity contribution in [1.82, 2.24) is 0 Å². The lowest BCUT2D eigenvalue weighted by molar-refractivity contribution is 0.371. The minimum Gasteiger partial charge on any atom is -0.504 e. The van der Waals surface area contributed by atoms with Gasteiger partial charge in [-0.25, -0.2) is 0 Å². The van der Waals surface area contributed by atoms with Crippen LogP contribution in [0.1, 0.15) is 5.56 Å². The van der Waals surface area contributed by atoms with Gasteiger partial charge in [0.15, 0.2) is 11.5 Å². The molecule has 1 aromatic rings. The molecule has 0 bridgehead atoms. The van der Waals surface area contributed by atoms with Gasteiger partial charge in [-0.1, -0.05) is 0 Å². The van der Waals surface area contributed by atoms with Crippen molar-refractivity contribution in [3.63, 3.8) is 0 Å². The van der Waals surface area contributed by atoms with Crippen molar-refractivity contribution in [1.29, 1.82) is 0 Å². The Labute approximate surface area is 84.7 Å². The maximum atomic E-state index is 9.44. The smallest absolute Gasteiger partial charge is 0.171 e. The standard InChI is InChI=1S/C8H10INO2/c1-12-7-3-5(4-10)2-6(9)8(7)11/h2-3,11H,4,10H2,1H3. The second kappa shape index (κ2) is 3.95. The maximum absolute atomic E-state index is 9.44. The number of benzene rings is 1. The van der Waals surface area contributed by atoms with Crippen LogP contribution in [0.4, 0.5) is 0 Å². The SMILES string of the molecule is COc1cc(CN)cc(I)c1O. The van der Waals surface area contributed by atoms with Gasteiger partial charge < -0.3 is 15.6 Å². The van der Waals surface area contributed by atoms with E-state index in [-0.39, 0.29) is 5.75 Å². The average molecular weight is 279 g/mol. The fraction of sp³-hybridized carbons (Fsp3) is 0.250. The molecule has 1 aromatic carbocycles. The Kier molecular flexibility index (Phi) is 3.16. The first-order valence-electron chi connectivity index (χ1n) is 3.44. The molecular weight excluding hydrogens is 269 g/mol. The zero-order valence-electron chi connectivity index (χ0n) is 6.67. The van der Waals surface area contributed by atoms with Gasteiger partial charge in [0, 0.05) is 6.54 Å². The molecule has 0 saturated carbocycles. The molecule has 0 fully saturated rings. The van der Waals surface area contributed by atoms with Gasteiger partial charge in [-0.3, -0.25) is 0 Å². The molecule has 0 amide bonds. The third-order valence-corrected chi connectivity index (χ3v) is 2.37. The van der Waals surface area contributed by atoms with Gasteiger partial charge in [0.1, 0.15) is 0 Å². The topological polar surface area (TPSA) is 55.5 Å². The van der Waals surface area contributed by atoms with Crippen LogP contribution in [0.25, 0.3) is 0 Å². The van der Waals surface area contributed by atoms with Crippen LogP contribution >= 0.6 is 22.6 Å². The normalized spacial score (nSPS) is 9.92. The van der Waals surface area contributed by atoms with Gasteiger partial charge in [-0.15, -0.1) is 0 Å². The lowest BCUT2D eigenvalue weighted by Gasteiger charge is -2.06. The van der Waals surface area contributed by atoms with E-state index in [0.29, 0.717) is 12.3 Å². The zero-order chi connectivity index (χ0) is 9.14. The Morgan fingerprint density at radius 1 is 1.58 bits per heavy atom. The van der Waals surface area contributed by atoms with E-state index in [2.05, 4.69) is 0 Å². The van der Waals surface area contributed by atoms with E-state index < -0.39 is 0 Å². The molecule has 0 heterocycles. The fourth-order valence-corrected chi connectivity index (χ4v) is 1.57. The molecule has 0 radical (unpaired) electrons. The predicted octanol–water partition coefficient (Wildman–Crippen LogP) is 1.46. The monoisotopic (exact) mass is 279 g/mol. The third kappa shape index (κ3) is 1.81. The van der Waals surface area contributed by atoms with E-state index >= 15 is 0 Å². The molecule has 0 aliphatic rings. The molecule has 0 saturated heterocycles. The van der Waals surface area contributed by atoms with Crippen LogP contribution in [0.2, 0.25) is 0 Å². The molecule has 3 nitrogen and oxygen atoms in total. The molecule has 0 aromatic heterocycles. The molecule has 12 heavy (non-hydrogen) atoms. The number of ether oxygens (including phenoxy) is 1. The maximum Gasteiger partial charge on any atom is 0.171 e. The largest absolute Gasteiger partial charge is 0.504 e. The van der Waals surface area contributed by atoms with Crippen LogP contribution in [-0.2, 0) is 6.54 Å². The van der Waals surface area contributed by atoms with Crippen molar-refractivity contribution in [3.05, 3.63) is 21.3 Å². The number of phenolic OH excluding ortho intramolecular Hbond substituents is 1. The second-order valence-corrected chi connectivity index (χ2v) is 3.49. The van der Waals surface area contributed by atoms with Crippen LogP contribution in [-0.4, -0.2) is 12.2 Å². The first kappa shape index (κ1) is 9.60. The van der Waals surface area contributed by atoms with Crippen LogP contribution in [0.3, 0.4) is 0 Å². The summed E-state index contributed by atoms with van der Waals surface area (Å²) in [5.74, 6) is 0.651. The molecule has 3 N–H and O–H groups in total. The third-order valence-electron chi connectivity index (χ3n) is 1.54. The lowest BCUT2D eigenvalue weighted by Crippen LogP contribution is -1.97. The van der Waals surface area contributed by atoms with Gasteiger partial charge in [-0.2, -0.15) is 0 Å². The van der Waals surface area contributed by atoms with Gasteiger partial charge in [0.05, 0.1) is 10.7 Å². The number of phenols is 1. The number of hydrogen-bond donors (Lipinski definition) is 2. The molecule has 0 aliphatic heterocycles. The summed E-state index contributed by atoms with van der Waals surface area (Å²) in [5, 5.41) is 9.44. The average Bonchev–Trinajstić information content (AvgIpc) is 2.09. The van der Waals surface area contributed by atoms with Crippen molar-refractivity contribution < 1.29 is 9.84 Å². The van der Waals surface area contributed by atoms with Gasteiger partial charge in [0.25, 0.3) is 0 Å². The van der Waals surface area contributed by atoms with Crippen LogP contribution < -0.4 is 10.5 Å². The molecule has 0 spiro atoms. The Hall–Kier alpha value is -0.490. The van der Waals surface area contributed by atoms with E-state index in [9.17, 15) is 5.11 Å². The second-order valence-electron chi connectivity index (χ2n) is 2.33. The fourth-order valence-electron chi connectivity index (χ4n) is 0.901. The summed E-state index contributed by atoms with van der Waals surface area (Å²) in [5.41, 5.74) is 6.40. The van der Waals surface area contributed by atoms with Crippen molar-refractivity contribution in [2.45, 2.75) is 6.54 Å². The van der Waals surface area contributed by atoms with Crippen molar-refractivity contribution in [2.24, 2.45) is 5.73 Å². The van der Waals surface area contributed by atoms with Crippen molar-refractivity contribution in [2.75, 3.05) is 7.11 Å². The number of halogens is 1. The van der Waals surface area contributed by atoms with Gasteiger partial charge in [-0.05, 0) is 40.3 Å². The summed E-state index contributed by atoms with van der Waals surface area (Å²) in [6.45, 7) is 0.451. The minimum atomic E-state index is 0.176. The number of rotatable bonds is 2. The van der Waals surface area contributed by atoms with Gasteiger partial charge in [0.2, 0.25) is 0 Å². The predicted molar refractivity (Wildman–Crippen MR) is 55.3 cm³/mol. The van der Waals surface area contributed by atoms with Crippen LogP contribution in [0, 0.1) is 3.57 Å². The Balaban J connectivity index is 3.19. The highest BCUT2D eigenvalue weighted by Gasteiger charge is 2.06. The molecule has 0 aliphatic carbocycles. The molecule has 4 heteroatoms. The number of methoxy groups -OCH3 is 1. The molecule has 0 atom stereocenters. The quantitative estimate of drug-likeness (QED) is 0.806. The highest BCUT2D eigenvalue weighted by Crippen LogP contribution is 2.32. The summed E-state index contributed by atoms with van der Waals surface area (Å²) < 4.78 is 5.71. The van der Waals surface area contributed by atoms with E-state index in [1.165, 1.54) is 7.11 Å². The minimum absolute atomic E-state index is 0.176. The Bertz CT molecular complexity index is 289. The summed E-state index contributed by atoms with van der Waals surface area (Å²) in [6, 6.07) is 3.57.